The number of pyridine rings is 1. The molecule has 1 aromatic heterocycles. The third-order valence-corrected chi connectivity index (χ3v) is 3.62. The molecule has 1 aliphatic rings. The Balaban J connectivity index is 1.94. The van der Waals surface area contributed by atoms with Gasteiger partial charge in [-0.1, -0.05) is 6.92 Å². The van der Waals surface area contributed by atoms with Crippen LogP contribution in [0.15, 0.2) is 18.3 Å². The Labute approximate surface area is 122 Å². The predicted molar refractivity (Wildman–Crippen MR) is 78.0 cm³/mol. The van der Waals surface area contributed by atoms with Crippen molar-refractivity contribution in [2.75, 3.05) is 31.1 Å². The van der Waals surface area contributed by atoms with Gasteiger partial charge in [-0.25, -0.2) is 4.98 Å². The molecule has 2 heterocycles. The Morgan fingerprint density at radius 2 is 2.10 bits per heavy atom. The maximum absolute atomic E-state index is 12.0. The molecule has 114 valence electrons. The zero-order chi connectivity index (χ0) is 15.4. The van der Waals surface area contributed by atoms with Crippen LogP contribution in [0.4, 0.5) is 11.5 Å². The fraction of sp³-hybridized carbons (Fsp3) is 0.538. The summed E-state index contributed by atoms with van der Waals surface area (Å²) in [5.41, 5.74) is 5.73. The van der Waals surface area contributed by atoms with E-state index in [1.807, 2.05) is 11.8 Å². The molecule has 0 bridgehead atoms. The van der Waals surface area contributed by atoms with Gasteiger partial charge in [0.2, 0.25) is 5.91 Å². The number of nitrogens with two attached hydrogens (primary N) is 1. The van der Waals surface area contributed by atoms with E-state index >= 15 is 0 Å². The van der Waals surface area contributed by atoms with E-state index in [2.05, 4.69) is 4.98 Å². The van der Waals surface area contributed by atoms with E-state index in [1.165, 1.54) is 12.3 Å². The van der Waals surface area contributed by atoms with E-state index in [0.717, 1.165) is 0 Å². The van der Waals surface area contributed by atoms with Gasteiger partial charge in [-0.05, 0) is 12.5 Å². The van der Waals surface area contributed by atoms with Crippen LogP contribution in [0.3, 0.4) is 0 Å². The molecule has 0 aromatic carbocycles. The van der Waals surface area contributed by atoms with Crippen LogP contribution in [0, 0.1) is 10.1 Å². The number of piperazine rings is 1. The minimum Gasteiger partial charge on any atom is -0.353 e. The lowest BCUT2D eigenvalue weighted by atomic mass is 10.2. The van der Waals surface area contributed by atoms with Gasteiger partial charge in [0.1, 0.15) is 12.0 Å². The monoisotopic (exact) mass is 293 g/mol. The molecule has 1 aromatic rings. The van der Waals surface area contributed by atoms with Crippen LogP contribution in [-0.4, -0.2) is 52.9 Å². The lowest BCUT2D eigenvalue weighted by molar-refractivity contribution is -0.385. The molecule has 0 spiro atoms. The average molecular weight is 293 g/mol. The van der Waals surface area contributed by atoms with E-state index in [4.69, 9.17) is 5.73 Å². The first-order chi connectivity index (χ1) is 10.0. The van der Waals surface area contributed by atoms with E-state index in [-0.39, 0.29) is 11.6 Å². The van der Waals surface area contributed by atoms with Gasteiger partial charge in [0, 0.05) is 32.2 Å². The number of hydrogen-bond acceptors (Lipinski definition) is 6. The van der Waals surface area contributed by atoms with Gasteiger partial charge in [-0.15, -0.1) is 0 Å². The molecule has 8 nitrogen and oxygen atoms in total. The summed E-state index contributed by atoms with van der Waals surface area (Å²) in [6, 6.07) is 2.63. The number of nitrogens with zero attached hydrogens (tertiary/aromatic N) is 4. The Hall–Kier alpha value is -2.22. The number of nitro groups is 1. The van der Waals surface area contributed by atoms with E-state index in [0.29, 0.717) is 38.4 Å². The van der Waals surface area contributed by atoms with Crippen molar-refractivity contribution in [2.45, 2.75) is 19.4 Å². The Kier molecular flexibility index (Phi) is 4.69. The Morgan fingerprint density at radius 3 is 2.57 bits per heavy atom. The fourth-order valence-corrected chi connectivity index (χ4v) is 2.24. The number of hydrogen-bond donors (Lipinski definition) is 1. The van der Waals surface area contributed by atoms with Gasteiger partial charge in [-0.2, -0.15) is 0 Å². The van der Waals surface area contributed by atoms with Gasteiger partial charge in [0.05, 0.1) is 11.0 Å². The summed E-state index contributed by atoms with van der Waals surface area (Å²) < 4.78 is 0. The van der Waals surface area contributed by atoms with E-state index < -0.39 is 11.0 Å². The highest BCUT2D eigenvalue weighted by Gasteiger charge is 2.25. The third kappa shape index (κ3) is 3.46. The van der Waals surface area contributed by atoms with Crippen LogP contribution in [0.5, 0.6) is 0 Å². The predicted octanol–water partition coefficient (Wildman–Crippen LogP) is 0.376. The molecule has 1 amide bonds. The molecule has 1 saturated heterocycles. The summed E-state index contributed by atoms with van der Waals surface area (Å²) in [6.07, 6.45) is 1.88. The standard InChI is InChI=1S/C13H19N5O3/c1-2-11(14)13(19)17-7-5-16(6-8-17)12-4-3-10(9-15-12)18(20)21/h3-4,9,11H,2,5-8,14H2,1H3. The number of amides is 1. The first kappa shape index (κ1) is 15.2. The molecule has 1 atom stereocenters. The SMILES string of the molecule is CCC(N)C(=O)N1CCN(c2ccc([N+](=O)[O-])cn2)CC1. The van der Waals surface area contributed by atoms with Gasteiger partial charge in [-0.3, -0.25) is 14.9 Å². The van der Waals surface area contributed by atoms with Crippen molar-refractivity contribution in [3.63, 3.8) is 0 Å². The van der Waals surface area contributed by atoms with Gasteiger partial charge >= 0.3 is 0 Å². The number of anilines is 1. The topological polar surface area (TPSA) is 106 Å². The largest absolute Gasteiger partial charge is 0.353 e. The molecule has 1 fully saturated rings. The molecule has 0 radical (unpaired) electrons. The van der Waals surface area contributed by atoms with Crippen LogP contribution in [0.25, 0.3) is 0 Å². The summed E-state index contributed by atoms with van der Waals surface area (Å²) in [7, 11) is 0. The Bertz CT molecular complexity index is 511. The smallest absolute Gasteiger partial charge is 0.287 e. The first-order valence-electron chi connectivity index (χ1n) is 6.92. The van der Waals surface area contributed by atoms with Crippen LogP contribution in [0.2, 0.25) is 0 Å². The van der Waals surface area contributed by atoms with Crippen LogP contribution in [-0.2, 0) is 4.79 Å². The lowest BCUT2D eigenvalue weighted by Gasteiger charge is -2.36. The second kappa shape index (κ2) is 6.49. The number of aromatic nitrogens is 1. The van der Waals surface area contributed by atoms with Crippen molar-refractivity contribution >= 4 is 17.4 Å². The highest BCUT2D eigenvalue weighted by molar-refractivity contribution is 5.81. The zero-order valence-corrected chi connectivity index (χ0v) is 11.9. The fourth-order valence-electron chi connectivity index (χ4n) is 2.24. The van der Waals surface area contributed by atoms with Gasteiger partial charge < -0.3 is 15.5 Å². The Morgan fingerprint density at radius 1 is 1.43 bits per heavy atom. The lowest BCUT2D eigenvalue weighted by Crippen LogP contribution is -2.53. The second-order valence-electron chi connectivity index (χ2n) is 4.96. The molecule has 8 heteroatoms. The highest BCUT2D eigenvalue weighted by atomic mass is 16.6. The van der Waals surface area contributed by atoms with Crippen LogP contribution >= 0.6 is 0 Å². The highest BCUT2D eigenvalue weighted by Crippen LogP contribution is 2.17. The zero-order valence-electron chi connectivity index (χ0n) is 11.9. The van der Waals surface area contributed by atoms with Gasteiger partial charge in [0.25, 0.3) is 5.69 Å². The normalized spacial score (nSPS) is 16.7. The van der Waals surface area contributed by atoms with E-state index in [9.17, 15) is 14.9 Å². The summed E-state index contributed by atoms with van der Waals surface area (Å²) in [4.78, 5) is 30.0. The summed E-state index contributed by atoms with van der Waals surface area (Å²) in [5.74, 6) is 0.668. The molecule has 1 unspecified atom stereocenters. The van der Waals surface area contributed by atoms with Crippen molar-refractivity contribution in [1.82, 2.24) is 9.88 Å². The molecule has 0 aliphatic carbocycles. The third-order valence-electron chi connectivity index (χ3n) is 3.62. The number of carbonyl (C=O) groups is 1. The van der Waals surface area contributed by atoms with Crippen LogP contribution < -0.4 is 10.6 Å². The number of rotatable bonds is 4. The molecule has 2 N–H and O–H groups in total. The molecular weight excluding hydrogens is 274 g/mol. The maximum Gasteiger partial charge on any atom is 0.287 e. The number of carbonyl (C=O) groups excluding carboxylic acids is 1. The molecule has 21 heavy (non-hydrogen) atoms. The first-order valence-corrected chi connectivity index (χ1v) is 6.92. The average Bonchev–Trinajstić information content (AvgIpc) is 2.53. The minimum atomic E-state index is -0.473. The van der Waals surface area contributed by atoms with Gasteiger partial charge in [0.15, 0.2) is 0 Å². The van der Waals surface area contributed by atoms with Crippen molar-refractivity contribution in [1.29, 1.82) is 0 Å². The summed E-state index contributed by atoms with van der Waals surface area (Å²) in [6.45, 7) is 4.36. The molecular formula is C13H19N5O3. The molecule has 2 rings (SSSR count). The van der Waals surface area contributed by atoms with Crippen molar-refractivity contribution < 1.29 is 9.72 Å². The summed E-state index contributed by atoms with van der Waals surface area (Å²) >= 11 is 0. The van der Waals surface area contributed by atoms with Crippen molar-refractivity contribution in [3.05, 3.63) is 28.4 Å². The van der Waals surface area contributed by atoms with Crippen molar-refractivity contribution in [3.8, 4) is 0 Å². The van der Waals surface area contributed by atoms with E-state index in [1.54, 1.807) is 11.0 Å². The van der Waals surface area contributed by atoms with Crippen molar-refractivity contribution in [2.24, 2.45) is 5.73 Å². The molecule has 0 saturated carbocycles. The maximum atomic E-state index is 12.0. The van der Waals surface area contributed by atoms with Crippen LogP contribution in [0.1, 0.15) is 13.3 Å². The second-order valence-corrected chi connectivity index (χ2v) is 4.96. The quantitative estimate of drug-likeness (QED) is 0.635. The summed E-state index contributed by atoms with van der Waals surface area (Å²) in [5, 5.41) is 10.6. The molecule has 1 aliphatic heterocycles. The minimum absolute atomic E-state index is 0.0196.